The van der Waals surface area contributed by atoms with Gasteiger partial charge >= 0.3 is 0 Å². The highest BCUT2D eigenvalue weighted by molar-refractivity contribution is 14.0. The predicted molar refractivity (Wildman–Crippen MR) is 121 cm³/mol. The highest BCUT2D eigenvalue weighted by atomic mass is 127. The van der Waals surface area contributed by atoms with Gasteiger partial charge in [-0.2, -0.15) is 0 Å². The summed E-state index contributed by atoms with van der Waals surface area (Å²) >= 11 is 0. The monoisotopic (exact) mass is 496 g/mol. The van der Waals surface area contributed by atoms with Crippen molar-refractivity contribution in [2.24, 2.45) is 4.99 Å². The van der Waals surface area contributed by atoms with Crippen LogP contribution in [-0.4, -0.2) is 30.6 Å². The number of nitro benzene ring substituents is 1. The first kappa shape index (κ1) is 21.9. The summed E-state index contributed by atoms with van der Waals surface area (Å²) in [7, 11) is 0. The highest BCUT2D eigenvalue weighted by Gasteiger charge is 2.11. The molecule has 28 heavy (non-hydrogen) atoms. The van der Waals surface area contributed by atoms with Crippen molar-refractivity contribution in [1.29, 1.82) is 0 Å². The number of benzene rings is 2. The molecule has 3 rings (SSSR count). The number of ether oxygens (including phenoxy) is 1. The number of nitrogens with one attached hydrogen (secondary N) is 2. The normalized spacial score (nSPS) is 12.5. The average Bonchev–Trinajstić information content (AvgIpc) is 3.14. The lowest BCUT2D eigenvalue weighted by molar-refractivity contribution is -0.384. The SMILES string of the molecule is CCNC(=NCc1ccc([N+](=O)[O-])cc1)NCCc1ccc2c(c1)CCO2.I. The Morgan fingerprint density at radius 2 is 1.93 bits per heavy atom. The van der Waals surface area contributed by atoms with Gasteiger partial charge in [-0.25, -0.2) is 4.99 Å². The Balaban J connectivity index is 0.00000280. The summed E-state index contributed by atoms with van der Waals surface area (Å²) in [6.07, 6.45) is 1.88. The van der Waals surface area contributed by atoms with Crippen LogP contribution in [0.3, 0.4) is 0 Å². The number of nitrogens with zero attached hydrogens (tertiary/aromatic N) is 2. The summed E-state index contributed by atoms with van der Waals surface area (Å²) in [6.45, 7) is 4.79. The second kappa shape index (κ2) is 10.8. The van der Waals surface area contributed by atoms with Crippen LogP contribution in [-0.2, 0) is 19.4 Å². The van der Waals surface area contributed by atoms with Gasteiger partial charge in [0, 0.05) is 31.6 Å². The molecule has 1 heterocycles. The summed E-state index contributed by atoms with van der Waals surface area (Å²) in [5.41, 5.74) is 3.58. The van der Waals surface area contributed by atoms with Crippen molar-refractivity contribution < 1.29 is 9.66 Å². The number of rotatable bonds is 7. The summed E-state index contributed by atoms with van der Waals surface area (Å²) in [5.74, 6) is 1.74. The smallest absolute Gasteiger partial charge is 0.269 e. The average molecular weight is 496 g/mol. The van der Waals surface area contributed by atoms with Crippen LogP contribution in [0, 0.1) is 10.1 Å². The molecule has 0 saturated carbocycles. The molecular weight excluding hydrogens is 471 g/mol. The first-order valence-electron chi connectivity index (χ1n) is 9.16. The van der Waals surface area contributed by atoms with Gasteiger partial charge in [-0.05, 0) is 36.1 Å². The number of hydrogen-bond donors (Lipinski definition) is 2. The maximum atomic E-state index is 10.7. The van der Waals surface area contributed by atoms with E-state index in [9.17, 15) is 10.1 Å². The first-order chi connectivity index (χ1) is 13.2. The quantitative estimate of drug-likeness (QED) is 0.202. The maximum absolute atomic E-state index is 10.7. The second-order valence-electron chi connectivity index (χ2n) is 6.34. The van der Waals surface area contributed by atoms with E-state index in [1.807, 2.05) is 13.0 Å². The van der Waals surface area contributed by atoms with E-state index in [1.54, 1.807) is 12.1 Å². The summed E-state index contributed by atoms with van der Waals surface area (Å²) < 4.78 is 5.54. The molecule has 7 nitrogen and oxygen atoms in total. The van der Waals surface area contributed by atoms with Crippen LogP contribution in [0.15, 0.2) is 47.5 Å². The van der Waals surface area contributed by atoms with Crippen LogP contribution in [0.1, 0.15) is 23.6 Å². The van der Waals surface area contributed by atoms with E-state index in [-0.39, 0.29) is 29.7 Å². The molecule has 0 radical (unpaired) electrons. The number of guanidine groups is 1. The zero-order valence-corrected chi connectivity index (χ0v) is 18.1. The van der Waals surface area contributed by atoms with Gasteiger partial charge in [-0.1, -0.05) is 24.3 Å². The van der Waals surface area contributed by atoms with Crippen LogP contribution in [0.4, 0.5) is 5.69 Å². The molecule has 0 aromatic heterocycles. The topological polar surface area (TPSA) is 88.8 Å². The second-order valence-corrected chi connectivity index (χ2v) is 6.34. The Kier molecular flexibility index (Phi) is 8.49. The van der Waals surface area contributed by atoms with Crippen molar-refractivity contribution in [3.63, 3.8) is 0 Å². The number of nitro groups is 1. The van der Waals surface area contributed by atoms with Gasteiger partial charge in [-0.15, -0.1) is 24.0 Å². The Labute approximate surface area is 181 Å². The van der Waals surface area contributed by atoms with Gasteiger partial charge < -0.3 is 15.4 Å². The van der Waals surface area contributed by atoms with Crippen molar-refractivity contribution >= 4 is 35.6 Å². The fourth-order valence-corrected chi connectivity index (χ4v) is 2.96. The van der Waals surface area contributed by atoms with Gasteiger partial charge in [0.1, 0.15) is 5.75 Å². The van der Waals surface area contributed by atoms with Crippen LogP contribution in [0.5, 0.6) is 5.75 Å². The standard InChI is InChI=1S/C20H24N4O3.HI/c1-2-21-20(23-14-16-3-6-18(7-4-16)24(25)26)22-11-9-15-5-8-19-17(13-15)10-12-27-19;/h3-8,13H,2,9-12,14H2,1H3,(H2,21,22,23);1H. The molecule has 2 aromatic carbocycles. The third kappa shape index (κ3) is 6.08. The minimum absolute atomic E-state index is 0. The largest absolute Gasteiger partial charge is 0.493 e. The third-order valence-electron chi connectivity index (χ3n) is 4.37. The van der Waals surface area contributed by atoms with E-state index in [0.717, 1.165) is 49.8 Å². The molecule has 150 valence electrons. The minimum atomic E-state index is -0.399. The van der Waals surface area contributed by atoms with E-state index >= 15 is 0 Å². The lowest BCUT2D eigenvalue weighted by Gasteiger charge is -2.11. The van der Waals surface area contributed by atoms with Gasteiger partial charge in [0.15, 0.2) is 5.96 Å². The summed E-state index contributed by atoms with van der Waals surface area (Å²) in [6, 6.07) is 12.8. The van der Waals surface area contributed by atoms with Gasteiger partial charge in [0.25, 0.3) is 5.69 Å². The summed E-state index contributed by atoms with van der Waals surface area (Å²) in [4.78, 5) is 14.9. The molecule has 0 spiro atoms. The predicted octanol–water partition coefficient (Wildman–Crippen LogP) is 3.45. The highest BCUT2D eigenvalue weighted by Crippen LogP contribution is 2.25. The lowest BCUT2D eigenvalue weighted by Crippen LogP contribution is -2.38. The van der Waals surface area contributed by atoms with Crippen molar-refractivity contribution in [2.45, 2.75) is 26.3 Å². The first-order valence-corrected chi connectivity index (χ1v) is 9.16. The van der Waals surface area contributed by atoms with Gasteiger partial charge in [-0.3, -0.25) is 10.1 Å². The molecule has 1 aliphatic heterocycles. The van der Waals surface area contributed by atoms with E-state index in [1.165, 1.54) is 23.3 Å². The van der Waals surface area contributed by atoms with Gasteiger partial charge in [0.2, 0.25) is 0 Å². The maximum Gasteiger partial charge on any atom is 0.269 e. The Hall–Kier alpha value is -2.36. The van der Waals surface area contributed by atoms with Crippen molar-refractivity contribution in [2.75, 3.05) is 19.7 Å². The zero-order chi connectivity index (χ0) is 19.1. The molecule has 2 N–H and O–H groups in total. The van der Waals surface area contributed by atoms with Crippen LogP contribution in [0.2, 0.25) is 0 Å². The number of halogens is 1. The molecule has 0 fully saturated rings. The molecular formula is C20H25IN4O3. The molecule has 0 atom stereocenters. The Morgan fingerprint density at radius 3 is 2.64 bits per heavy atom. The molecule has 1 aliphatic rings. The van der Waals surface area contributed by atoms with Crippen LogP contribution >= 0.6 is 24.0 Å². The van der Waals surface area contributed by atoms with Crippen LogP contribution < -0.4 is 15.4 Å². The van der Waals surface area contributed by atoms with E-state index in [2.05, 4.69) is 27.8 Å². The Bertz CT molecular complexity index is 825. The van der Waals surface area contributed by atoms with Crippen molar-refractivity contribution in [1.82, 2.24) is 10.6 Å². The van der Waals surface area contributed by atoms with E-state index < -0.39 is 4.92 Å². The number of aliphatic imine (C=N–C) groups is 1. The van der Waals surface area contributed by atoms with Crippen molar-refractivity contribution in [3.05, 3.63) is 69.3 Å². The summed E-state index contributed by atoms with van der Waals surface area (Å²) in [5, 5.41) is 17.3. The minimum Gasteiger partial charge on any atom is -0.493 e. The molecule has 0 unspecified atom stereocenters. The Morgan fingerprint density at radius 1 is 1.18 bits per heavy atom. The van der Waals surface area contributed by atoms with E-state index in [0.29, 0.717) is 6.54 Å². The van der Waals surface area contributed by atoms with Crippen LogP contribution in [0.25, 0.3) is 0 Å². The number of hydrogen-bond acceptors (Lipinski definition) is 4. The third-order valence-corrected chi connectivity index (χ3v) is 4.37. The molecule has 2 aromatic rings. The number of fused-ring (bicyclic) bond motifs is 1. The van der Waals surface area contributed by atoms with E-state index in [4.69, 9.17) is 4.74 Å². The van der Waals surface area contributed by atoms with Crippen molar-refractivity contribution in [3.8, 4) is 5.75 Å². The molecule has 8 heteroatoms. The molecule has 0 aliphatic carbocycles. The molecule has 0 saturated heterocycles. The fourth-order valence-electron chi connectivity index (χ4n) is 2.96. The molecule has 0 amide bonds. The number of non-ortho nitro benzene ring substituents is 1. The lowest BCUT2D eigenvalue weighted by atomic mass is 10.1. The van der Waals surface area contributed by atoms with Gasteiger partial charge in [0.05, 0.1) is 18.1 Å². The zero-order valence-electron chi connectivity index (χ0n) is 15.8. The molecule has 0 bridgehead atoms. The fraction of sp³-hybridized carbons (Fsp3) is 0.350.